The third kappa shape index (κ3) is 7.78. The van der Waals surface area contributed by atoms with Gasteiger partial charge in [0, 0.05) is 17.9 Å². The maximum Gasteiger partial charge on any atom is 0.286 e. The maximum absolute atomic E-state index is 13.6. The molecule has 0 radical (unpaired) electrons. The van der Waals surface area contributed by atoms with Crippen molar-refractivity contribution in [1.82, 2.24) is 25.7 Å². The number of benzene rings is 1. The molecule has 0 aliphatic heterocycles. The van der Waals surface area contributed by atoms with E-state index in [2.05, 4.69) is 20.8 Å². The van der Waals surface area contributed by atoms with E-state index in [4.69, 9.17) is 4.42 Å². The van der Waals surface area contributed by atoms with Gasteiger partial charge < -0.3 is 20.0 Å². The Hall–Kier alpha value is -2.43. The number of carbonyl (C=O) groups excluding carboxylic acids is 3. The summed E-state index contributed by atoms with van der Waals surface area (Å²) in [4.78, 5) is 41.8. The summed E-state index contributed by atoms with van der Waals surface area (Å²) in [5.41, 5.74) is -0.576. The van der Waals surface area contributed by atoms with Crippen molar-refractivity contribution in [1.29, 1.82) is 0 Å². The normalized spacial score (nSPS) is 15.7. The highest BCUT2D eigenvalue weighted by atomic mass is 35.5. The number of aromatic nitrogens is 2. The van der Waals surface area contributed by atoms with Gasteiger partial charge in [0.05, 0.1) is 6.04 Å². The zero-order valence-electron chi connectivity index (χ0n) is 21.3. The molecule has 0 unspecified atom stereocenters. The van der Waals surface area contributed by atoms with Gasteiger partial charge >= 0.3 is 0 Å². The predicted octanol–water partition coefficient (Wildman–Crippen LogP) is 3.60. The third-order valence-corrected chi connectivity index (χ3v) is 6.95. The quantitative estimate of drug-likeness (QED) is 0.330. The summed E-state index contributed by atoms with van der Waals surface area (Å²) in [5, 5.41) is 14.1. The molecule has 1 aliphatic carbocycles. The molecular weight excluding hydrogens is 502 g/mol. The van der Waals surface area contributed by atoms with Gasteiger partial charge in [-0.1, -0.05) is 63.1 Å². The number of nitrogens with one attached hydrogen (secondary N) is 2. The second-order valence-corrected chi connectivity index (χ2v) is 10.6. The van der Waals surface area contributed by atoms with Crippen molar-refractivity contribution in [2.45, 2.75) is 62.8 Å². The molecule has 2 amide bonds. The second-order valence-electron chi connectivity index (χ2n) is 9.55. The van der Waals surface area contributed by atoms with Crippen LogP contribution in [0.4, 0.5) is 0 Å². The van der Waals surface area contributed by atoms with E-state index in [1.54, 1.807) is 24.3 Å². The number of amides is 2. The average Bonchev–Trinajstić information content (AvgIpc) is 3.31. The van der Waals surface area contributed by atoms with E-state index in [1.165, 1.54) is 11.8 Å². The molecular formula is C25H36ClN5O4S. The Morgan fingerprint density at radius 3 is 2.36 bits per heavy atom. The van der Waals surface area contributed by atoms with Crippen molar-refractivity contribution in [2.75, 3.05) is 26.4 Å². The van der Waals surface area contributed by atoms with Gasteiger partial charge in [-0.05, 0) is 45.0 Å². The zero-order valence-corrected chi connectivity index (χ0v) is 22.9. The highest BCUT2D eigenvalue weighted by Crippen LogP contribution is 2.30. The largest absolute Gasteiger partial charge is 0.408 e. The summed E-state index contributed by atoms with van der Waals surface area (Å²) in [6.45, 7) is 4.53. The number of thioether (sulfide) groups is 1. The topological polar surface area (TPSA) is 117 Å². The van der Waals surface area contributed by atoms with Crippen LogP contribution in [0, 0.1) is 5.92 Å². The first kappa shape index (κ1) is 29.8. The van der Waals surface area contributed by atoms with Gasteiger partial charge in [0.25, 0.3) is 17.0 Å². The van der Waals surface area contributed by atoms with Crippen molar-refractivity contribution >= 4 is 41.8 Å². The highest BCUT2D eigenvalue weighted by molar-refractivity contribution is 7.99. The van der Waals surface area contributed by atoms with Crippen LogP contribution in [0.2, 0.25) is 0 Å². The fourth-order valence-corrected chi connectivity index (χ4v) is 4.94. The van der Waals surface area contributed by atoms with Crippen LogP contribution in [0.3, 0.4) is 0 Å². The second kappa shape index (κ2) is 13.8. The van der Waals surface area contributed by atoms with Gasteiger partial charge in [-0.15, -0.1) is 22.6 Å². The predicted molar refractivity (Wildman–Crippen MR) is 142 cm³/mol. The van der Waals surface area contributed by atoms with E-state index in [9.17, 15) is 14.4 Å². The number of halogens is 1. The van der Waals surface area contributed by atoms with Crippen LogP contribution in [0.5, 0.6) is 0 Å². The molecule has 1 saturated carbocycles. The number of Topliss-reactive ketones (excluding diaryl/α,β-unsaturated/α-hetero) is 1. The Bertz CT molecular complexity index is 1010. The Balaban J connectivity index is 0.00000456. The smallest absolute Gasteiger partial charge is 0.286 e. The van der Waals surface area contributed by atoms with Gasteiger partial charge in [-0.3, -0.25) is 14.4 Å². The third-order valence-electron chi connectivity index (χ3n) is 6.15. The molecule has 2 aromatic rings. The van der Waals surface area contributed by atoms with Crippen LogP contribution in [0.1, 0.15) is 67.0 Å². The summed E-state index contributed by atoms with van der Waals surface area (Å²) >= 11 is 1.38. The first-order chi connectivity index (χ1) is 16.7. The molecule has 1 atom stereocenters. The molecule has 198 valence electrons. The van der Waals surface area contributed by atoms with Crippen molar-refractivity contribution in [3.05, 3.63) is 41.8 Å². The zero-order chi connectivity index (χ0) is 25.4. The first-order valence-electron chi connectivity index (χ1n) is 12.1. The molecule has 1 fully saturated rings. The molecule has 1 aromatic heterocycles. The molecule has 2 N–H and O–H groups in total. The van der Waals surface area contributed by atoms with Crippen LogP contribution < -0.4 is 10.6 Å². The van der Waals surface area contributed by atoms with Gasteiger partial charge in [0.1, 0.15) is 5.54 Å². The number of nitrogens with zero attached hydrogens (tertiary/aromatic N) is 3. The molecule has 0 spiro atoms. The molecule has 1 aliphatic rings. The van der Waals surface area contributed by atoms with Crippen molar-refractivity contribution in [2.24, 2.45) is 5.92 Å². The molecule has 1 heterocycles. The monoisotopic (exact) mass is 537 g/mol. The number of hydrogen-bond acceptors (Lipinski definition) is 8. The minimum Gasteiger partial charge on any atom is -0.408 e. The molecule has 9 nitrogen and oxygen atoms in total. The lowest BCUT2D eigenvalue weighted by atomic mass is 9.80. The van der Waals surface area contributed by atoms with E-state index < -0.39 is 17.4 Å². The fraction of sp³-hybridized carbons (Fsp3) is 0.560. The molecule has 0 saturated heterocycles. The first-order valence-corrected chi connectivity index (χ1v) is 13.0. The number of carbonyl (C=O) groups is 3. The molecule has 1 aromatic carbocycles. The molecule has 3 rings (SSSR count). The van der Waals surface area contributed by atoms with E-state index in [-0.39, 0.29) is 36.0 Å². The van der Waals surface area contributed by atoms with Crippen LogP contribution in [-0.2, 0) is 4.79 Å². The van der Waals surface area contributed by atoms with Crippen molar-refractivity contribution in [3.63, 3.8) is 0 Å². The lowest BCUT2D eigenvalue weighted by Gasteiger charge is -2.38. The van der Waals surface area contributed by atoms with Crippen molar-refractivity contribution in [3.8, 4) is 0 Å². The Morgan fingerprint density at radius 1 is 1.08 bits per heavy atom. The van der Waals surface area contributed by atoms with E-state index in [0.29, 0.717) is 23.6 Å². The summed E-state index contributed by atoms with van der Waals surface area (Å²) in [6.07, 6.45) is 3.67. The number of hydrogen-bond donors (Lipinski definition) is 2. The van der Waals surface area contributed by atoms with Crippen LogP contribution >= 0.6 is 24.2 Å². The van der Waals surface area contributed by atoms with Crippen LogP contribution in [-0.4, -0.2) is 70.7 Å². The van der Waals surface area contributed by atoms with Gasteiger partial charge in [0.2, 0.25) is 11.7 Å². The van der Waals surface area contributed by atoms with Gasteiger partial charge in [0.15, 0.2) is 0 Å². The van der Waals surface area contributed by atoms with Gasteiger partial charge in [-0.25, -0.2) is 0 Å². The standard InChI is InChI=1S/C25H35N5O4S.ClH/c1-17(2)19(20(31)22-28-29-24(34-22)35-16-15-30(3)4)26-23(33)25(13-9-6-10-14-25)27-21(32)18-11-7-5-8-12-18;/h5,7-8,11-12,17,19H,6,9-10,13-16H2,1-4H3,(H,26,33)(H,27,32);1H/t19-;/m0./s1. The lowest BCUT2D eigenvalue weighted by molar-refractivity contribution is -0.129. The van der Waals surface area contributed by atoms with E-state index in [0.717, 1.165) is 31.6 Å². The van der Waals surface area contributed by atoms with Crippen molar-refractivity contribution < 1.29 is 18.8 Å². The molecule has 0 bridgehead atoms. The SMILES string of the molecule is CC(C)[C@H](NC(=O)C1(NC(=O)c2ccccc2)CCCCC1)C(=O)c1nnc(SCCN(C)C)o1.Cl. The van der Waals surface area contributed by atoms with Gasteiger partial charge in [-0.2, -0.15) is 0 Å². The van der Waals surface area contributed by atoms with Crippen LogP contribution in [0.25, 0.3) is 0 Å². The minimum atomic E-state index is -1.07. The minimum absolute atomic E-state index is 0. The Labute approximate surface area is 223 Å². The van der Waals surface area contributed by atoms with E-state index >= 15 is 0 Å². The summed E-state index contributed by atoms with van der Waals surface area (Å²) in [6, 6.07) is 7.99. The maximum atomic E-state index is 13.6. The summed E-state index contributed by atoms with van der Waals surface area (Å²) in [5.74, 6) is -0.673. The molecule has 36 heavy (non-hydrogen) atoms. The van der Waals surface area contributed by atoms with Crippen LogP contribution in [0.15, 0.2) is 40.0 Å². The summed E-state index contributed by atoms with van der Waals surface area (Å²) < 4.78 is 5.58. The summed E-state index contributed by atoms with van der Waals surface area (Å²) in [7, 11) is 3.95. The lowest BCUT2D eigenvalue weighted by Crippen LogP contribution is -2.62. The average molecular weight is 538 g/mol. The Morgan fingerprint density at radius 2 is 1.75 bits per heavy atom. The number of rotatable bonds is 11. The molecule has 11 heteroatoms. The highest BCUT2D eigenvalue weighted by Gasteiger charge is 2.43. The fourth-order valence-electron chi connectivity index (χ4n) is 4.07. The van der Waals surface area contributed by atoms with E-state index in [1.807, 2.05) is 38.9 Å². The number of ketones is 1. The Kier molecular flexibility index (Phi) is 11.4.